The molecule has 28 heavy (non-hydrogen) atoms. The zero-order valence-corrected chi connectivity index (χ0v) is 14.7. The molecule has 0 atom stereocenters. The van der Waals surface area contributed by atoms with Crippen molar-refractivity contribution < 1.29 is 27.5 Å². The Labute approximate surface area is 157 Å². The number of ether oxygens (including phenoxy) is 1. The number of aromatic nitrogens is 3. The zero-order valence-electron chi connectivity index (χ0n) is 14.7. The summed E-state index contributed by atoms with van der Waals surface area (Å²) in [6.45, 7) is 1.95. The summed E-state index contributed by atoms with van der Waals surface area (Å²) >= 11 is 0. The van der Waals surface area contributed by atoms with Gasteiger partial charge in [-0.05, 0) is 49.4 Å². The number of amides is 1. The van der Waals surface area contributed by atoms with Crippen LogP contribution in [0.25, 0.3) is 11.0 Å². The van der Waals surface area contributed by atoms with Crippen LogP contribution < -0.4 is 5.32 Å². The molecule has 0 spiro atoms. The van der Waals surface area contributed by atoms with E-state index in [1.165, 1.54) is 12.1 Å². The molecule has 2 aromatic carbocycles. The van der Waals surface area contributed by atoms with E-state index < -0.39 is 30.2 Å². The third kappa shape index (κ3) is 4.27. The van der Waals surface area contributed by atoms with Crippen molar-refractivity contribution in [1.82, 2.24) is 15.0 Å². The predicted molar refractivity (Wildman–Crippen MR) is 93.6 cm³/mol. The average Bonchev–Trinajstić information content (AvgIpc) is 3.08. The number of esters is 1. The van der Waals surface area contributed by atoms with E-state index in [4.69, 9.17) is 4.74 Å². The number of carbonyl (C=O) groups is 2. The van der Waals surface area contributed by atoms with Gasteiger partial charge in [0.25, 0.3) is 5.91 Å². The Bertz CT molecular complexity index is 1010. The van der Waals surface area contributed by atoms with Crippen molar-refractivity contribution in [3.8, 4) is 0 Å². The van der Waals surface area contributed by atoms with E-state index >= 15 is 0 Å². The van der Waals surface area contributed by atoms with Gasteiger partial charge in [0.15, 0.2) is 6.61 Å². The highest BCUT2D eigenvalue weighted by Crippen LogP contribution is 2.29. The first-order chi connectivity index (χ1) is 13.3. The molecule has 1 aromatic heterocycles. The van der Waals surface area contributed by atoms with Gasteiger partial charge >= 0.3 is 12.1 Å². The number of rotatable bonds is 5. The van der Waals surface area contributed by atoms with Crippen molar-refractivity contribution in [2.45, 2.75) is 19.6 Å². The van der Waals surface area contributed by atoms with E-state index in [2.05, 4.69) is 15.6 Å². The number of alkyl halides is 3. The molecule has 146 valence electrons. The molecule has 0 radical (unpaired) electrons. The SMILES string of the molecule is CCn1nnc2cc(C(=O)OCC(=O)Nc3ccc(C(F)(F)F)cc3)ccc21. The van der Waals surface area contributed by atoms with Gasteiger partial charge in [-0.3, -0.25) is 4.79 Å². The zero-order chi connectivity index (χ0) is 20.3. The summed E-state index contributed by atoms with van der Waals surface area (Å²) in [5, 5.41) is 10.2. The molecule has 0 aliphatic carbocycles. The Hall–Kier alpha value is -3.43. The monoisotopic (exact) mass is 392 g/mol. The third-order valence-electron chi connectivity index (χ3n) is 3.88. The lowest BCUT2D eigenvalue weighted by Gasteiger charge is -2.09. The number of nitrogens with zero attached hydrogens (tertiary/aromatic N) is 3. The minimum Gasteiger partial charge on any atom is -0.452 e. The van der Waals surface area contributed by atoms with Crippen LogP contribution in [0, 0.1) is 0 Å². The van der Waals surface area contributed by atoms with Crippen molar-refractivity contribution in [3.05, 3.63) is 53.6 Å². The molecule has 0 bridgehead atoms. The number of fused-ring (bicyclic) bond motifs is 1. The molecule has 0 saturated heterocycles. The smallest absolute Gasteiger partial charge is 0.416 e. The van der Waals surface area contributed by atoms with Crippen LogP contribution in [0.2, 0.25) is 0 Å². The summed E-state index contributed by atoms with van der Waals surface area (Å²) in [5.41, 5.74) is 0.821. The normalized spacial score (nSPS) is 11.4. The lowest BCUT2D eigenvalue weighted by molar-refractivity contribution is -0.137. The van der Waals surface area contributed by atoms with Crippen LogP contribution in [0.3, 0.4) is 0 Å². The highest BCUT2D eigenvalue weighted by atomic mass is 19.4. The van der Waals surface area contributed by atoms with Crippen molar-refractivity contribution in [2.24, 2.45) is 0 Å². The van der Waals surface area contributed by atoms with E-state index in [1.807, 2.05) is 6.92 Å². The van der Waals surface area contributed by atoms with E-state index in [0.29, 0.717) is 12.1 Å². The maximum atomic E-state index is 12.5. The molecular weight excluding hydrogens is 377 g/mol. The van der Waals surface area contributed by atoms with Crippen LogP contribution in [0.5, 0.6) is 0 Å². The summed E-state index contributed by atoms with van der Waals surface area (Å²) in [7, 11) is 0. The van der Waals surface area contributed by atoms with Crippen LogP contribution in [0.4, 0.5) is 18.9 Å². The highest BCUT2D eigenvalue weighted by Gasteiger charge is 2.30. The van der Waals surface area contributed by atoms with Gasteiger partial charge in [-0.15, -0.1) is 5.10 Å². The molecule has 7 nitrogen and oxygen atoms in total. The summed E-state index contributed by atoms with van der Waals surface area (Å²) in [6, 6.07) is 8.65. The van der Waals surface area contributed by atoms with E-state index in [-0.39, 0.29) is 11.3 Å². The standard InChI is InChI=1S/C18H15F3N4O3/c1-2-25-15-8-3-11(9-14(15)23-24-25)17(27)28-10-16(26)22-13-6-4-12(5-7-13)18(19,20)21/h3-9H,2,10H2,1H3,(H,22,26). The van der Waals surface area contributed by atoms with Gasteiger partial charge in [-0.1, -0.05) is 5.21 Å². The molecule has 3 aromatic rings. The Morgan fingerprint density at radius 2 is 1.86 bits per heavy atom. The fraction of sp³-hybridized carbons (Fsp3) is 0.222. The molecule has 0 aliphatic heterocycles. The fourth-order valence-corrected chi connectivity index (χ4v) is 2.49. The number of benzene rings is 2. The topological polar surface area (TPSA) is 86.1 Å². The van der Waals surface area contributed by atoms with E-state index in [9.17, 15) is 22.8 Å². The van der Waals surface area contributed by atoms with Gasteiger partial charge < -0.3 is 10.1 Å². The van der Waals surface area contributed by atoms with Crippen molar-refractivity contribution in [3.63, 3.8) is 0 Å². The number of halogens is 3. The maximum Gasteiger partial charge on any atom is 0.416 e. The lowest BCUT2D eigenvalue weighted by Crippen LogP contribution is -2.21. The number of nitrogens with one attached hydrogen (secondary N) is 1. The van der Waals surface area contributed by atoms with Gasteiger partial charge in [0, 0.05) is 12.2 Å². The second kappa shape index (κ2) is 7.67. The molecule has 0 unspecified atom stereocenters. The predicted octanol–water partition coefficient (Wildman–Crippen LogP) is 3.27. The lowest BCUT2D eigenvalue weighted by atomic mass is 10.2. The third-order valence-corrected chi connectivity index (χ3v) is 3.88. The maximum absolute atomic E-state index is 12.5. The van der Waals surface area contributed by atoms with Gasteiger partial charge in [0.1, 0.15) is 5.52 Å². The minimum atomic E-state index is -4.46. The Balaban J connectivity index is 1.57. The first-order valence-electron chi connectivity index (χ1n) is 8.25. The Morgan fingerprint density at radius 3 is 2.50 bits per heavy atom. The quantitative estimate of drug-likeness (QED) is 0.674. The van der Waals surface area contributed by atoms with Crippen LogP contribution >= 0.6 is 0 Å². The van der Waals surface area contributed by atoms with Crippen LogP contribution in [0.1, 0.15) is 22.8 Å². The molecule has 3 rings (SSSR count). The summed E-state index contributed by atoms with van der Waals surface area (Å²) < 4.78 is 44.2. The van der Waals surface area contributed by atoms with E-state index in [1.54, 1.807) is 10.7 Å². The van der Waals surface area contributed by atoms with Crippen molar-refractivity contribution in [2.75, 3.05) is 11.9 Å². The molecule has 1 amide bonds. The van der Waals surface area contributed by atoms with Crippen LogP contribution in [-0.2, 0) is 22.3 Å². The van der Waals surface area contributed by atoms with E-state index in [0.717, 1.165) is 29.8 Å². The number of anilines is 1. The molecule has 0 aliphatic rings. The first-order valence-corrected chi connectivity index (χ1v) is 8.25. The summed E-state index contributed by atoms with van der Waals surface area (Å²) in [5.74, 6) is -1.40. The number of aryl methyl sites for hydroxylation is 1. The van der Waals surface area contributed by atoms with Crippen LogP contribution in [-0.4, -0.2) is 33.5 Å². The second-order valence-electron chi connectivity index (χ2n) is 5.81. The van der Waals surface area contributed by atoms with Gasteiger partial charge in [0.05, 0.1) is 16.6 Å². The van der Waals surface area contributed by atoms with Gasteiger partial charge in [0.2, 0.25) is 0 Å². The number of hydrogen-bond acceptors (Lipinski definition) is 5. The second-order valence-corrected chi connectivity index (χ2v) is 5.81. The molecule has 10 heteroatoms. The first kappa shape index (κ1) is 19.3. The number of carbonyl (C=O) groups excluding carboxylic acids is 2. The van der Waals surface area contributed by atoms with Crippen molar-refractivity contribution >= 4 is 28.6 Å². The molecular formula is C18H15F3N4O3. The largest absolute Gasteiger partial charge is 0.452 e. The molecule has 1 heterocycles. The number of hydrogen-bond donors (Lipinski definition) is 1. The average molecular weight is 392 g/mol. The summed E-state index contributed by atoms with van der Waals surface area (Å²) in [6.07, 6.45) is -4.46. The Kier molecular flexibility index (Phi) is 5.30. The van der Waals surface area contributed by atoms with Crippen molar-refractivity contribution in [1.29, 1.82) is 0 Å². The highest BCUT2D eigenvalue weighted by molar-refractivity contribution is 5.97. The molecule has 0 fully saturated rings. The van der Waals surface area contributed by atoms with Gasteiger partial charge in [-0.25, -0.2) is 9.48 Å². The molecule has 1 N–H and O–H groups in total. The molecule has 0 saturated carbocycles. The Morgan fingerprint density at radius 1 is 1.14 bits per heavy atom. The summed E-state index contributed by atoms with van der Waals surface area (Å²) in [4.78, 5) is 23.9. The van der Waals surface area contributed by atoms with Crippen LogP contribution in [0.15, 0.2) is 42.5 Å². The fourth-order valence-electron chi connectivity index (χ4n) is 2.49. The van der Waals surface area contributed by atoms with Gasteiger partial charge in [-0.2, -0.15) is 13.2 Å². The minimum absolute atomic E-state index is 0.159.